The average molecular weight is 474 g/mol. The fraction of sp³-hybridized carbons (Fsp3) is 0. The van der Waals surface area contributed by atoms with Gasteiger partial charge in [-0.15, -0.1) is 0 Å². The molecule has 0 aliphatic carbocycles. The number of fused-ring (bicyclic) bond motifs is 1. The maximum Gasteiger partial charge on any atom is 0.262 e. The fourth-order valence-electron chi connectivity index (χ4n) is 3.31. The highest BCUT2D eigenvalue weighted by Crippen LogP contribution is 2.30. The van der Waals surface area contributed by atoms with Crippen molar-refractivity contribution in [1.29, 1.82) is 0 Å². The molecule has 7 nitrogen and oxygen atoms in total. The Labute approximate surface area is 195 Å². The van der Waals surface area contributed by atoms with Crippen LogP contribution < -0.4 is 4.72 Å². The van der Waals surface area contributed by atoms with Gasteiger partial charge < -0.3 is 0 Å². The first-order valence-electron chi connectivity index (χ1n) is 9.93. The van der Waals surface area contributed by atoms with Crippen LogP contribution >= 0.6 is 11.6 Å². The molecule has 33 heavy (non-hydrogen) atoms. The average Bonchev–Trinajstić information content (AvgIpc) is 2.85. The largest absolute Gasteiger partial charge is 0.278 e. The molecule has 2 aromatic carbocycles. The molecule has 0 fully saturated rings. The second-order valence-corrected chi connectivity index (χ2v) is 9.18. The van der Waals surface area contributed by atoms with Crippen LogP contribution in [-0.4, -0.2) is 28.4 Å². The van der Waals surface area contributed by atoms with Gasteiger partial charge in [0.05, 0.1) is 38.0 Å². The van der Waals surface area contributed by atoms with Crippen LogP contribution in [0.1, 0.15) is 0 Å². The van der Waals surface area contributed by atoms with Gasteiger partial charge in [-0.05, 0) is 54.6 Å². The summed E-state index contributed by atoms with van der Waals surface area (Å²) in [6.07, 6.45) is 3.34. The molecule has 162 valence electrons. The second kappa shape index (κ2) is 8.57. The van der Waals surface area contributed by atoms with Crippen LogP contribution in [0.25, 0.3) is 33.8 Å². The Morgan fingerprint density at radius 1 is 0.697 bits per heavy atom. The van der Waals surface area contributed by atoms with Gasteiger partial charge in [0.2, 0.25) is 0 Å². The Hall–Kier alpha value is -3.88. The first-order chi connectivity index (χ1) is 16.0. The Morgan fingerprint density at radius 2 is 1.30 bits per heavy atom. The number of hydrogen-bond acceptors (Lipinski definition) is 6. The highest BCUT2D eigenvalue weighted by Gasteiger charge is 2.19. The number of sulfonamides is 1. The van der Waals surface area contributed by atoms with Crippen LogP contribution in [0, 0.1) is 0 Å². The first kappa shape index (κ1) is 21.0. The predicted octanol–water partition coefficient (Wildman–Crippen LogP) is 5.21. The summed E-state index contributed by atoms with van der Waals surface area (Å²) in [5, 5.41) is 0.305. The molecule has 9 heteroatoms. The molecule has 0 unspecified atom stereocenters. The highest BCUT2D eigenvalue weighted by atomic mass is 35.5. The quantitative estimate of drug-likeness (QED) is 0.376. The number of hydrogen-bond donors (Lipinski definition) is 1. The van der Waals surface area contributed by atoms with Gasteiger partial charge in [-0.1, -0.05) is 35.9 Å². The van der Waals surface area contributed by atoms with Gasteiger partial charge in [0.15, 0.2) is 0 Å². The molecule has 0 amide bonds. The zero-order valence-electron chi connectivity index (χ0n) is 17.1. The second-order valence-electron chi connectivity index (χ2n) is 7.09. The normalized spacial score (nSPS) is 11.4. The topological polar surface area (TPSA) is 97.7 Å². The molecule has 0 atom stereocenters. The number of rotatable bonds is 5. The van der Waals surface area contributed by atoms with Gasteiger partial charge in [-0.2, -0.15) is 0 Å². The highest BCUT2D eigenvalue weighted by molar-refractivity contribution is 7.92. The third kappa shape index (κ3) is 4.26. The minimum absolute atomic E-state index is 0.0433. The molecule has 0 saturated heterocycles. The molecule has 3 heterocycles. The fourth-order valence-corrected chi connectivity index (χ4v) is 4.65. The van der Waals surface area contributed by atoms with E-state index in [0.29, 0.717) is 44.5 Å². The molecule has 0 aliphatic rings. The van der Waals surface area contributed by atoms with Crippen molar-refractivity contribution in [1.82, 2.24) is 19.9 Å². The molecule has 1 N–H and O–H groups in total. The third-order valence-electron chi connectivity index (χ3n) is 4.88. The minimum Gasteiger partial charge on any atom is -0.278 e. The monoisotopic (exact) mass is 473 g/mol. The molecule has 0 saturated carbocycles. The summed E-state index contributed by atoms with van der Waals surface area (Å²) in [6.45, 7) is 0. The lowest BCUT2D eigenvalue weighted by Gasteiger charge is -2.12. The first-order valence-corrected chi connectivity index (χ1v) is 11.8. The van der Waals surface area contributed by atoms with Gasteiger partial charge >= 0.3 is 0 Å². The van der Waals surface area contributed by atoms with Crippen molar-refractivity contribution >= 4 is 38.3 Å². The molecule has 3 aromatic heterocycles. The SMILES string of the molecule is O=S(=O)(Nc1ccccc1Cl)c1ccc2nc(-c3ccccn3)c(-c3ccccn3)nc2c1. The van der Waals surface area contributed by atoms with Gasteiger partial charge in [-0.3, -0.25) is 14.7 Å². The standard InChI is InChI=1S/C24H16ClN5O2S/c25-17-7-1-2-8-18(17)30-33(31,32)16-11-12-19-22(15-16)29-24(21-10-4-6-14-27-21)23(28-19)20-9-3-5-13-26-20/h1-15,30H. The number of anilines is 1. The molecule has 0 bridgehead atoms. The Balaban J connectivity index is 1.65. The predicted molar refractivity (Wildman–Crippen MR) is 128 cm³/mol. The van der Waals surface area contributed by atoms with Crippen molar-refractivity contribution in [3.05, 3.63) is 96.3 Å². The van der Waals surface area contributed by atoms with Crippen LogP contribution in [0.2, 0.25) is 5.02 Å². The summed E-state index contributed by atoms with van der Waals surface area (Å²) in [5.41, 5.74) is 3.57. The van der Waals surface area contributed by atoms with E-state index in [1.165, 1.54) is 12.1 Å². The number of aromatic nitrogens is 4. The molecule has 0 aliphatic heterocycles. The van der Waals surface area contributed by atoms with Crippen molar-refractivity contribution < 1.29 is 8.42 Å². The van der Waals surface area contributed by atoms with Crippen molar-refractivity contribution in [3.63, 3.8) is 0 Å². The maximum atomic E-state index is 13.0. The molecular formula is C24H16ClN5O2S. The van der Waals surface area contributed by atoms with E-state index in [1.807, 2.05) is 36.4 Å². The zero-order valence-corrected chi connectivity index (χ0v) is 18.6. The van der Waals surface area contributed by atoms with E-state index in [-0.39, 0.29) is 4.90 Å². The van der Waals surface area contributed by atoms with Crippen LogP contribution in [0.15, 0.2) is 96.2 Å². The summed E-state index contributed by atoms with van der Waals surface area (Å²) in [7, 11) is -3.90. The molecular weight excluding hydrogens is 458 g/mol. The van der Waals surface area contributed by atoms with Gasteiger partial charge in [0, 0.05) is 12.4 Å². The third-order valence-corrected chi connectivity index (χ3v) is 6.57. The van der Waals surface area contributed by atoms with Crippen molar-refractivity contribution in [2.24, 2.45) is 0 Å². The maximum absolute atomic E-state index is 13.0. The lowest BCUT2D eigenvalue weighted by Crippen LogP contribution is -2.13. The molecule has 0 spiro atoms. The smallest absolute Gasteiger partial charge is 0.262 e. The van der Waals surface area contributed by atoms with Crippen LogP contribution in [0.4, 0.5) is 5.69 Å². The minimum atomic E-state index is -3.90. The van der Waals surface area contributed by atoms with Crippen molar-refractivity contribution in [3.8, 4) is 22.8 Å². The van der Waals surface area contributed by atoms with Crippen molar-refractivity contribution in [2.75, 3.05) is 4.72 Å². The van der Waals surface area contributed by atoms with E-state index in [2.05, 4.69) is 14.7 Å². The van der Waals surface area contributed by atoms with Crippen LogP contribution in [-0.2, 0) is 10.0 Å². The van der Waals surface area contributed by atoms with E-state index in [1.54, 1.807) is 42.7 Å². The van der Waals surface area contributed by atoms with Gasteiger partial charge in [0.25, 0.3) is 10.0 Å². The number of nitrogens with zero attached hydrogens (tertiary/aromatic N) is 4. The Kier molecular flexibility index (Phi) is 5.45. The lowest BCUT2D eigenvalue weighted by molar-refractivity contribution is 0.601. The summed E-state index contributed by atoms with van der Waals surface area (Å²) in [6, 6.07) is 22.2. The van der Waals surface area contributed by atoms with E-state index in [4.69, 9.17) is 21.6 Å². The Morgan fingerprint density at radius 3 is 1.91 bits per heavy atom. The molecule has 5 rings (SSSR count). The summed E-state index contributed by atoms with van der Waals surface area (Å²) in [4.78, 5) is 18.3. The number of pyridine rings is 2. The summed E-state index contributed by atoms with van der Waals surface area (Å²) >= 11 is 6.11. The van der Waals surface area contributed by atoms with E-state index in [0.717, 1.165) is 0 Å². The van der Waals surface area contributed by atoms with E-state index >= 15 is 0 Å². The van der Waals surface area contributed by atoms with E-state index in [9.17, 15) is 8.42 Å². The number of halogens is 1. The number of benzene rings is 2. The van der Waals surface area contributed by atoms with Gasteiger partial charge in [-0.25, -0.2) is 18.4 Å². The van der Waals surface area contributed by atoms with Gasteiger partial charge in [0.1, 0.15) is 11.4 Å². The van der Waals surface area contributed by atoms with Crippen LogP contribution in [0.3, 0.4) is 0 Å². The number of nitrogens with one attached hydrogen (secondary N) is 1. The Bertz CT molecular complexity index is 1560. The lowest BCUT2D eigenvalue weighted by atomic mass is 10.1. The molecule has 0 radical (unpaired) electrons. The van der Waals surface area contributed by atoms with Crippen molar-refractivity contribution in [2.45, 2.75) is 4.90 Å². The zero-order chi connectivity index (χ0) is 22.8. The summed E-state index contributed by atoms with van der Waals surface area (Å²) in [5.74, 6) is 0. The van der Waals surface area contributed by atoms with E-state index < -0.39 is 10.0 Å². The molecule has 5 aromatic rings. The summed E-state index contributed by atoms with van der Waals surface area (Å²) < 4.78 is 28.5. The van der Waals surface area contributed by atoms with Crippen LogP contribution in [0.5, 0.6) is 0 Å². The number of para-hydroxylation sites is 1.